The van der Waals surface area contributed by atoms with Gasteiger partial charge in [0.1, 0.15) is 0 Å². The van der Waals surface area contributed by atoms with Gasteiger partial charge in [0.25, 0.3) is 0 Å². The van der Waals surface area contributed by atoms with E-state index < -0.39 is 5.97 Å². The molecule has 0 atom stereocenters. The van der Waals surface area contributed by atoms with Crippen LogP contribution >= 0.6 is 15.9 Å². The third-order valence-corrected chi connectivity index (χ3v) is 1.68. The molecule has 2 nitrogen and oxygen atoms in total. The van der Waals surface area contributed by atoms with E-state index in [1.165, 1.54) is 0 Å². The maximum absolute atomic E-state index is 10.4. The van der Waals surface area contributed by atoms with Gasteiger partial charge in [0, 0.05) is 4.47 Å². The van der Waals surface area contributed by atoms with Crippen LogP contribution in [0, 0.1) is 6.07 Å². The van der Waals surface area contributed by atoms with Crippen molar-refractivity contribution in [3.63, 3.8) is 0 Å². The van der Waals surface area contributed by atoms with Crippen LogP contribution < -0.4 is 0 Å². The van der Waals surface area contributed by atoms with Gasteiger partial charge in [-0.2, -0.15) is 0 Å². The molecule has 0 saturated heterocycles. The first-order valence-corrected chi connectivity index (χ1v) is 3.40. The SMILES string of the molecule is O=C(O)c1[c]cccc1Br. The van der Waals surface area contributed by atoms with E-state index in [1.807, 2.05) is 0 Å². The van der Waals surface area contributed by atoms with Gasteiger partial charge in [-0.15, -0.1) is 0 Å². The van der Waals surface area contributed by atoms with Crippen LogP contribution in [-0.4, -0.2) is 11.1 Å². The molecule has 0 aromatic heterocycles. The first-order chi connectivity index (χ1) is 4.72. The Hall–Kier alpha value is -0.830. The molecule has 1 aromatic rings. The van der Waals surface area contributed by atoms with Gasteiger partial charge < -0.3 is 5.11 Å². The van der Waals surface area contributed by atoms with Crippen LogP contribution in [0.2, 0.25) is 0 Å². The zero-order valence-corrected chi connectivity index (χ0v) is 6.55. The van der Waals surface area contributed by atoms with E-state index in [2.05, 4.69) is 22.0 Å². The summed E-state index contributed by atoms with van der Waals surface area (Å²) < 4.78 is 0.558. The topological polar surface area (TPSA) is 37.3 Å². The van der Waals surface area contributed by atoms with Gasteiger partial charge in [0.05, 0.1) is 5.56 Å². The molecule has 1 N–H and O–H groups in total. The lowest BCUT2D eigenvalue weighted by atomic mass is 10.2. The number of rotatable bonds is 1. The Morgan fingerprint density at radius 3 is 2.80 bits per heavy atom. The summed E-state index contributed by atoms with van der Waals surface area (Å²) in [7, 11) is 0. The second kappa shape index (κ2) is 2.84. The van der Waals surface area contributed by atoms with Crippen molar-refractivity contribution < 1.29 is 9.90 Å². The molecule has 10 heavy (non-hydrogen) atoms. The van der Waals surface area contributed by atoms with Crippen LogP contribution in [0.1, 0.15) is 10.4 Å². The smallest absolute Gasteiger partial charge is 0.337 e. The van der Waals surface area contributed by atoms with Crippen LogP contribution in [0.25, 0.3) is 0 Å². The van der Waals surface area contributed by atoms with E-state index in [0.717, 1.165) is 0 Å². The second-order valence-electron chi connectivity index (χ2n) is 1.70. The van der Waals surface area contributed by atoms with Crippen molar-refractivity contribution in [2.45, 2.75) is 0 Å². The lowest BCUT2D eigenvalue weighted by Gasteiger charge is -1.93. The van der Waals surface area contributed by atoms with Gasteiger partial charge in [0.2, 0.25) is 0 Å². The molecule has 0 fully saturated rings. The highest BCUT2D eigenvalue weighted by molar-refractivity contribution is 9.10. The number of halogens is 1. The number of carbonyl (C=O) groups is 1. The lowest BCUT2D eigenvalue weighted by molar-refractivity contribution is 0.0695. The molecule has 0 aliphatic heterocycles. The van der Waals surface area contributed by atoms with Crippen molar-refractivity contribution in [1.82, 2.24) is 0 Å². The van der Waals surface area contributed by atoms with Gasteiger partial charge in [0.15, 0.2) is 0 Å². The average Bonchev–Trinajstić information content (AvgIpc) is 1.88. The lowest BCUT2D eigenvalue weighted by Crippen LogP contribution is -1.96. The fraction of sp³-hybridized carbons (Fsp3) is 0. The van der Waals surface area contributed by atoms with Gasteiger partial charge >= 0.3 is 5.97 Å². The Bertz CT molecular complexity index is 258. The van der Waals surface area contributed by atoms with E-state index in [9.17, 15) is 4.79 Å². The second-order valence-corrected chi connectivity index (χ2v) is 2.55. The number of hydrogen-bond acceptors (Lipinski definition) is 1. The van der Waals surface area contributed by atoms with E-state index in [1.54, 1.807) is 18.2 Å². The van der Waals surface area contributed by atoms with Crippen LogP contribution in [0.15, 0.2) is 22.7 Å². The van der Waals surface area contributed by atoms with Crippen molar-refractivity contribution in [2.24, 2.45) is 0 Å². The van der Waals surface area contributed by atoms with E-state index in [4.69, 9.17) is 5.11 Å². The summed E-state index contributed by atoms with van der Waals surface area (Å²) in [5.41, 5.74) is 0.169. The van der Waals surface area contributed by atoms with Gasteiger partial charge in [-0.05, 0) is 28.1 Å². The Kier molecular flexibility index (Phi) is 2.06. The number of benzene rings is 1. The zero-order chi connectivity index (χ0) is 7.56. The van der Waals surface area contributed by atoms with Gasteiger partial charge in [-0.1, -0.05) is 12.1 Å². The van der Waals surface area contributed by atoms with Crippen molar-refractivity contribution in [3.05, 3.63) is 34.3 Å². The fourth-order valence-electron chi connectivity index (χ4n) is 0.580. The molecule has 1 radical (unpaired) electrons. The Balaban J connectivity index is 3.15. The molecule has 1 aromatic carbocycles. The van der Waals surface area contributed by atoms with E-state index >= 15 is 0 Å². The molecule has 1 rings (SSSR count). The fourth-order valence-corrected chi connectivity index (χ4v) is 1.02. The van der Waals surface area contributed by atoms with Gasteiger partial charge in [-0.25, -0.2) is 4.79 Å². The molecule has 3 heteroatoms. The summed E-state index contributed by atoms with van der Waals surface area (Å²) in [4.78, 5) is 10.4. The Morgan fingerprint density at radius 2 is 2.40 bits per heavy atom. The van der Waals surface area contributed by atoms with E-state index in [-0.39, 0.29) is 5.56 Å². The highest BCUT2D eigenvalue weighted by atomic mass is 79.9. The maximum Gasteiger partial charge on any atom is 0.337 e. The predicted octanol–water partition coefficient (Wildman–Crippen LogP) is 1.95. The number of hydrogen-bond donors (Lipinski definition) is 1. The molecule has 51 valence electrons. The third-order valence-electron chi connectivity index (χ3n) is 1.02. The minimum atomic E-state index is -0.965. The number of carboxylic acid groups (broad SMARTS) is 1. The first-order valence-electron chi connectivity index (χ1n) is 2.61. The summed E-state index contributed by atoms with van der Waals surface area (Å²) in [6.45, 7) is 0. The quantitative estimate of drug-likeness (QED) is 0.751. The number of carboxylic acids is 1. The standard InChI is InChI=1S/C7H4BrO2/c8-6-4-2-1-3-5(6)7(9)10/h1-2,4H,(H,9,10). The normalized spacial score (nSPS) is 9.30. The van der Waals surface area contributed by atoms with Crippen molar-refractivity contribution in [1.29, 1.82) is 0 Å². The molecule has 0 aliphatic rings. The largest absolute Gasteiger partial charge is 0.478 e. The summed E-state index contributed by atoms with van der Waals surface area (Å²) in [6.07, 6.45) is 0. The highest BCUT2D eigenvalue weighted by Crippen LogP contribution is 2.14. The maximum atomic E-state index is 10.4. The molecule has 0 heterocycles. The van der Waals surface area contributed by atoms with Gasteiger partial charge in [-0.3, -0.25) is 0 Å². The summed E-state index contributed by atoms with van der Waals surface area (Å²) in [5, 5.41) is 8.50. The zero-order valence-electron chi connectivity index (χ0n) is 4.97. The molecule has 0 saturated carbocycles. The molecular weight excluding hydrogens is 196 g/mol. The van der Waals surface area contributed by atoms with Crippen LogP contribution in [0.5, 0.6) is 0 Å². The summed E-state index contributed by atoms with van der Waals surface area (Å²) in [6, 6.07) is 7.54. The van der Waals surface area contributed by atoms with Crippen LogP contribution in [0.3, 0.4) is 0 Å². The minimum absolute atomic E-state index is 0.169. The van der Waals surface area contributed by atoms with Crippen molar-refractivity contribution >= 4 is 21.9 Å². The van der Waals surface area contributed by atoms with Crippen LogP contribution in [-0.2, 0) is 0 Å². The van der Waals surface area contributed by atoms with E-state index in [0.29, 0.717) is 4.47 Å². The molecule has 0 bridgehead atoms. The monoisotopic (exact) mass is 199 g/mol. The Morgan fingerprint density at radius 1 is 1.70 bits per heavy atom. The average molecular weight is 200 g/mol. The van der Waals surface area contributed by atoms with Crippen molar-refractivity contribution in [2.75, 3.05) is 0 Å². The molecule has 0 unspecified atom stereocenters. The third kappa shape index (κ3) is 1.36. The summed E-state index contributed by atoms with van der Waals surface area (Å²) >= 11 is 3.08. The molecular formula is C7H4BrO2. The molecule has 0 spiro atoms. The predicted molar refractivity (Wildman–Crippen MR) is 39.9 cm³/mol. The Labute approximate surface area is 66.6 Å². The highest BCUT2D eigenvalue weighted by Gasteiger charge is 2.05. The van der Waals surface area contributed by atoms with Crippen molar-refractivity contribution in [3.8, 4) is 0 Å². The number of aromatic carboxylic acids is 1. The minimum Gasteiger partial charge on any atom is -0.478 e. The van der Waals surface area contributed by atoms with Crippen LogP contribution in [0.4, 0.5) is 0 Å². The molecule has 0 amide bonds. The first kappa shape index (κ1) is 7.28. The molecule has 0 aliphatic carbocycles. The summed E-state index contributed by atoms with van der Waals surface area (Å²) in [5.74, 6) is -0.965.